The number of furan rings is 1. The molecule has 0 fully saturated rings. The molecule has 4 heterocycles. The second-order valence-electron chi connectivity index (χ2n) is 3.69. The highest BCUT2D eigenvalue weighted by Crippen LogP contribution is 2.25. The number of fused-ring (bicyclic) bond motifs is 4. The van der Waals surface area contributed by atoms with Crippen LogP contribution in [0.1, 0.15) is 0 Å². The second-order valence-corrected chi connectivity index (χ2v) is 3.69. The molecule has 0 unspecified atom stereocenters. The quantitative estimate of drug-likeness (QED) is 0.456. The van der Waals surface area contributed by atoms with Gasteiger partial charge in [0, 0.05) is 12.4 Å². The minimum Gasteiger partial charge on any atom is -0.435 e. The van der Waals surface area contributed by atoms with Crippen LogP contribution in [0, 0.1) is 0 Å². The van der Waals surface area contributed by atoms with E-state index in [0.29, 0.717) is 16.8 Å². The molecule has 4 aromatic rings. The fourth-order valence-corrected chi connectivity index (χ4v) is 1.87. The zero-order valence-corrected chi connectivity index (χ0v) is 8.66. The van der Waals surface area contributed by atoms with Crippen LogP contribution in [0.15, 0.2) is 41.2 Å². The molecule has 0 spiro atoms. The standard InChI is InChI=1S/C12H6N4O/c1-2-9-10(14-4-1)11-12(17-9)16-7-3-5-13-6-8(7)15-11/h1-6H. The Kier molecular flexibility index (Phi) is 1.50. The van der Waals surface area contributed by atoms with Gasteiger partial charge in [-0.2, -0.15) is 0 Å². The summed E-state index contributed by atoms with van der Waals surface area (Å²) in [6.07, 6.45) is 5.08. The Morgan fingerprint density at radius 3 is 2.94 bits per heavy atom. The minimum absolute atomic E-state index is 0.511. The first kappa shape index (κ1) is 8.58. The summed E-state index contributed by atoms with van der Waals surface area (Å²) in [7, 11) is 0. The molecule has 17 heavy (non-hydrogen) atoms. The van der Waals surface area contributed by atoms with E-state index in [0.717, 1.165) is 16.6 Å². The van der Waals surface area contributed by atoms with Gasteiger partial charge in [-0.05, 0) is 18.2 Å². The molecule has 0 atom stereocenters. The molecule has 5 heteroatoms. The monoisotopic (exact) mass is 222 g/mol. The van der Waals surface area contributed by atoms with E-state index in [9.17, 15) is 0 Å². The third kappa shape index (κ3) is 1.13. The zero-order valence-electron chi connectivity index (χ0n) is 8.66. The molecule has 4 aromatic heterocycles. The fraction of sp³-hybridized carbons (Fsp3) is 0. The molecule has 0 aliphatic rings. The van der Waals surface area contributed by atoms with E-state index in [1.165, 1.54) is 0 Å². The molecular formula is C12H6N4O. The summed E-state index contributed by atoms with van der Waals surface area (Å²) >= 11 is 0. The lowest BCUT2D eigenvalue weighted by molar-refractivity contribution is 0.654. The molecule has 80 valence electrons. The number of nitrogens with zero attached hydrogens (tertiary/aromatic N) is 4. The molecule has 0 radical (unpaired) electrons. The fourth-order valence-electron chi connectivity index (χ4n) is 1.87. The summed E-state index contributed by atoms with van der Waals surface area (Å²) in [5, 5.41) is 0. The molecule has 0 bridgehead atoms. The number of hydrogen-bond donors (Lipinski definition) is 0. The van der Waals surface area contributed by atoms with Gasteiger partial charge < -0.3 is 4.42 Å². The zero-order chi connectivity index (χ0) is 11.2. The average Bonchev–Trinajstić information content (AvgIpc) is 2.73. The van der Waals surface area contributed by atoms with Crippen LogP contribution in [0.4, 0.5) is 0 Å². The van der Waals surface area contributed by atoms with Gasteiger partial charge in [-0.25, -0.2) is 9.97 Å². The number of rotatable bonds is 0. The van der Waals surface area contributed by atoms with Crippen molar-refractivity contribution in [2.45, 2.75) is 0 Å². The van der Waals surface area contributed by atoms with E-state index in [2.05, 4.69) is 19.9 Å². The maximum Gasteiger partial charge on any atom is 0.248 e. The Balaban J connectivity index is 2.28. The van der Waals surface area contributed by atoms with E-state index in [1.54, 1.807) is 18.6 Å². The Morgan fingerprint density at radius 2 is 1.94 bits per heavy atom. The maximum absolute atomic E-state index is 5.60. The van der Waals surface area contributed by atoms with Crippen LogP contribution in [0.5, 0.6) is 0 Å². The predicted octanol–water partition coefficient (Wildman–Crippen LogP) is 2.32. The van der Waals surface area contributed by atoms with Crippen LogP contribution in [-0.4, -0.2) is 19.9 Å². The normalized spacial score (nSPS) is 11.5. The van der Waals surface area contributed by atoms with Gasteiger partial charge in [-0.1, -0.05) is 0 Å². The van der Waals surface area contributed by atoms with Crippen LogP contribution in [0.25, 0.3) is 33.4 Å². The molecular weight excluding hydrogens is 216 g/mol. The summed E-state index contributed by atoms with van der Waals surface area (Å²) in [5.41, 5.74) is 4.14. The Hall–Kier alpha value is -2.56. The highest BCUT2D eigenvalue weighted by Gasteiger charge is 2.11. The first-order valence-electron chi connectivity index (χ1n) is 5.17. The molecule has 5 nitrogen and oxygen atoms in total. The van der Waals surface area contributed by atoms with Crippen LogP contribution in [0.2, 0.25) is 0 Å². The third-order valence-electron chi connectivity index (χ3n) is 2.64. The molecule has 0 saturated heterocycles. The van der Waals surface area contributed by atoms with Crippen LogP contribution in [-0.2, 0) is 0 Å². The molecule has 0 aromatic carbocycles. The Morgan fingerprint density at radius 1 is 0.941 bits per heavy atom. The van der Waals surface area contributed by atoms with Gasteiger partial charge in [0.2, 0.25) is 5.71 Å². The van der Waals surface area contributed by atoms with Crippen molar-refractivity contribution in [3.63, 3.8) is 0 Å². The van der Waals surface area contributed by atoms with Gasteiger partial charge in [0.15, 0.2) is 11.1 Å². The highest BCUT2D eigenvalue weighted by atomic mass is 16.3. The summed E-state index contributed by atoms with van der Waals surface area (Å²) in [6, 6.07) is 5.49. The smallest absolute Gasteiger partial charge is 0.248 e. The van der Waals surface area contributed by atoms with Gasteiger partial charge in [0.05, 0.1) is 11.7 Å². The van der Waals surface area contributed by atoms with Gasteiger partial charge >= 0.3 is 0 Å². The largest absolute Gasteiger partial charge is 0.435 e. The van der Waals surface area contributed by atoms with Crippen molar-refractivity contribution < 1.29 is 4.42 Å². The number of hydrogen-bond acceptors (Lipinski definition) is 5. The second kappa shape index (κ2) is 2.98. The third-order valence-corrected chi connectivity index (χ3v) is 2.64. The molecule has 0 aliphatic heterocycles. The molecule has 0 N–H and O–H groups in total. The van der Waals surface area contributed by atoms with Crippen molar-refractivity contribution in [1.29, 1.82) is 0 Å². The van der Waals surface area contributed by atoms with Gasteiger partial charge in [-0.3, -0.25) is 9.97 Å². The predicted molar refractivity (Wildman–Crippen MR) is 62.4 cm³/mol. The number of aromatic nitrogens is 4. The van der Waals surface area contributed by atoms with Gasteiger partial charge in [0.1, 0.15) is 11.0 Å². The Labute approximate surface area is 95.1 Å². The average molecular weight is 222 g/mol. The molecule has 0 saturated carbocycles. The summed E-state index contributed by atoms with van der Waals surface area (Å²) in [4.78, 5) is 17.2. The van der Waals surface area contributed by atoms with Crippen molar-refractivity contribution in [3.05, 3.63) is 36.8 Å². The van der Waals surface area contributed by atoms with E-state index in [4.69, 9.17) is 4.42 Å². The first-order chi connectivity index (χ1) is 8.42. The molecule has 0 aliphatic carbocycles. The van der Waals surface area contributed by atoms with E-state index in [1.807, 2.05) is 18.2 Å². The van der Waals surface area contributed by atoms with E-state index in [-0.39, 0.29) is 0 Å². The van der Waals surface area contributed by atoms with Crippen LogP contribution in [0.3, 0.4) is 0 Å². The number of pyridine rings is 2. The van der Waals surface area contributed by atoms with E-state index >= 15 is 0 Å². The van der Waals surface area contributed by atoms with Crippen molar-refractivity contribution in [1.82, 2.24) is 19.9 Å². The lowest BCUT2D eigenvalue weighted by Crippen LogP contribution is -1.85. The Bertz CT molecular complexity index is 847. The summed E-state index contributed by atoms with van der Waals surface area (Å²) < 4.78 is 5.60. The van der Waals surface area contributed by atoms with Crippen LogP contribution >= 0.6 is 0 Å². The lowest BCUT2D eigenvalue weighted by Gasteiger charge is -1.93. The van der Waals surface area contributed by atoms with Crippen molar-refractivity contribution >= 4 is 33.4 Å². The first-order valence-corrected chi connectivity index (χ1v) is 5.17. The topological polar surface area (TPSA) is 64.7 Å². The van der Waals surface area contributed by atoms with Gasteiger partial charge in [-0.15, -0.1) is 0 Å². The van der Waals surface area contributed by atoms with Crippen molar-refractivity contribution in [3.8, 4) is 0 Å². The molecule has 4 rings (SSSR count). The summed E-state index contributed by atoms with van der Waals surface area (Å²) in [5.74, 6) is 0. The minimum atomic E-state index is 0.511. The van der Waals surface area contributed by atoms with Crippen molar-refractivity contribution in [2.75, 3.05) is 0 Å². The lowest BCUT2D eigenvalue weighted by atomic mass is 10.3. The van der Waals surface area contributed by atoms with E-state index < -0.39 is 0 Å². The maximum atomic E-state index is 5.60. The van der Waals surface area contributed by atoms with Crippen LogP contribution < -0.4 is 0 Å². The molecule has 0 amide bonds. The summed E-state index contributed by atoms with van der Waals surface area (Å²) in [6.45, 7) is 0. The van der Waals surface area contributed by atoms with Gasteiger partial charge in [0.25, 0.3) is 0 Å². The van der Waals surface area contributed by atoms with Crippen molar-refractivity contribution in [2.24, 2.45) is 0 Å². The highest BCUT2D eigenvalue weighted by molar-refractivity contribution is 6.00. The SMILES string of the molecule is c1cnc2c(c1)oc1nc3ccncc3nc12.